The fraction of sp³-hybridized carbons (Fsp3) is 0.299. The molecule has 2 N–H and O–H groups in total. The highest BCUT2D eigenvalue weighted by Crippen LogP contribution is 2.38. The molecule has 0 saturated carbocycles. The van der Waals surface area contributed by atoms with Crippen LogP contribution in [0.15, 0.2) is 178 Å². The molecule has 6 aromatic carbocycles. The number of carbonyl (C=O) groups excluding carboxylic acids is 1. The van der Waals surface area contributed by atoms with Gasteiger partial charge in [0.2, 0.25) is 5.91 Å². The van der Waals surface area contributed by atoms with Crippen LogP contribution in [0.25, 0.3) is 66.9 Å². The summed E-state index contributed by atoms with van der Waals surface area (Å²) in [7, 11) is 15.2. The summed E-state index contributed by atoms with van der Waals surface area (Å²) in [6.45, 7) is 3.38. The number of hydrogen-bond acceptors (Lipinski definition) is 23. The van der Waals surface area contributed by atoms with Crippen LogP contribution < -0.4 is 48.4 Å². The third-order valence-electron chi connectivity index (χ3n) is 17.9. The lowest BCUT2D eigenvalue weighted by atomic mass is 10.1. The second-order valence-corrected chi connectivity index (χ2v) is 25.3. The van der Waals surface area contributed by atoms with Crippen LogP contribution >= 0.6 is 0 Å². The van der Waals surface area contributed by atoms with Crippen molar-refractivity contribution in [1.29, 1.82) is 0 Å². The standard InChI is InChI=1S/C28H32N6O3.C25H27F3N6O3.C24H24N8O2/c1-32-19-20(17-30-32)27-18-29-25-9-8-21(15-26(25)31-27)34(12-6-11-33-10-5-4-7-28(33)35)22-13-23(36-2)16-24(14-22)37-3;1-33-15-16(12-31-33)23-13-30-21-5-4-17(10-22(21)32-23)34(7-6-29-14-24(35)25(26,27)28)18-8-19(36-2)11-20(9-18)37-3;1-30-14-17(12-27-30)24-13-26-22-5-4-18(10-23(22)29-24)32(7-6-31-16-25-15-28-31)19-8-20(33-2)11-21(9-19)34-3/h8-9,13-19H,4-7,10-12H2,1-3H3;4-5,8-13,15,24,29,35H,6-7,14H2,1-3H3;4-5,8-16H,6-7H2,1-3H3. The minimum absolute atomic E-state index is 0.159. The molecular formula is C77H83F3N20O8. The molecule has 1 atom stereocenters. The SMILES string of the molecule is COc1cc(OC)cc(N(CCCN2CCCCC2=O)c2ccc3ncc(-c4cnn(C)c4)nc3c2)c1.COc1cc(OC)cc(N(CCNCC(O)C(F)(F)F)c2ccc3ncc(-c4cnn(C)c4)nc3c2)c1.COc1cc(OC)cc(N(CCn2cncn2)c2ccc3ncc(-c4cnn(C)c4)nc3c2)c1. The van der Waals surface area contributed by atoms with Gasteiger partial charge < -0.3 is 58.4 Å². The van der Waals surface area contributed by atoms with E-state index in [1.165, 1.54) is 20.5 Å². The van der Waals surface area contributed by atoms with E-state index in [4.69, 9.17) is 43.4 Å². The Morgan fingerprint density at radius 3 is 1.23 bits per heavy atom. The quantitative estimate of drug-likeness (QED) is 0.0452. The highest BCUT2D eigenvalue weighted by Gasteiger charge is 2.37. The molecule has 1 unspecified atom stereocenters. The van der Waals surface area contributed by atoms with Crippen molar-refractivity contribution in [3.05, 3.63) is 178 Å². The average Bonchev–Trinajstić information content (AvgIpc) is 1.42. The number of aliphatic hydroxyl groups is 1. The van der Waals surface area contributed by atoms with E-state index < -0.39 is 18.8 Å². The highest BCUT2D eigenvalue weighted by molar-refractivity contribution is 5.86. The number of piperidine rings is 1. The first-order valence-corrected chi connectivity index (χ1v) is 34.7. The maximum absolute atomic E-state index is 12.7. The van der Waals surface area contributed by atoms with E-state index in [-0.39, 0.29) is 19.0 Å². The maximum atomic E-state index is 12.7. The Morgan fingerprint density at radius 2 is 0.880 bits per heavy atom. The molecule has 28 nitrogen and oxygen atoms in total. The van der Waals surface area contributed by atoms with Crippen molar-refractivity contribution >= 4 is 73.1 Å². The van der Waals surface area contributed by atoms with Crippen LogP contribution in [-0.2, 0) is 32.5 Å². The highest BCUT2D eigenvalue weighted by atomic mass is 19.4. The zero-order valence-electron chi connectivity index (χ0n) is 61.2. The summed E-state index contributed by atoms with van der Waals surface area (Å²) in [6.07, 6.45) is 15.8. The van der Waals surface area contributed by atoms with Gasteiger partial charge in [-0.2, -0.15) is 33.6 Å². The number of aromatic nitrogens is 15. The second-order valence-electron chi connectivity index (χ2n) is 25.3. The van der Waals surface area contributed by atoms with Crippen LogP contribution in [0.5, 0.6) is 34.5 Å². The number of alkyl halides is 3. The number of likely N-dealkylation sites (tertiary alicyclic amines) is 1. The van der Waals surface area contributed by atoms with Gasteiger partial charge in [-0.3, -0.25) is 38.5 Å². The van der Waals surface area contributed by atoms with Crippen LogP contribution in [0.2, 0.25) is 0 Å². The predicted octanol–water partition coefficient (Wildman–Crippen LogP) is 11.8. The first-order chi connectivity index (χ1) is 52.3. The Bertz CT molecular complexity index is 5130. The lowest BCUT2D eigenvalue weighted by Gasteiger charge is -2.30. The van der Waals surface area contributed by atoms with Gasteiger partial charge in [-0.25, -0.2) is 19.9 Å². The van der Waals surface area contributed by atoms with E-state index in [1.807, 2.05) is 128 Å². The Morgan fingerprint density at radius 1 is 0.481 bits per heavy atom. The van der Waals surface area contributed by atoms with Gasteiger partial charge in [0.25, 0.3) is 0 Å². The number of carbonyl (C=O) groups is 1. The largest absolute Gasteiger partial charge is 0.497 e. The van der Waals surface area contributed by atoms with Crippen molar-refractivity contribution in [3.8, 4) is 68.3 Å². The molecule has 1 aliphatic rings. The van der Waals surface area contributed by atoms with Gasteiger partial charge in [-0.05, 0) is 73.9 Å². The van der Waals surface area contributed by atoms with Gasteiger partial charge >= 0.3 is 6.18 Å². The number of nitrogens with zero attached hydrogens (tertiary/aromatic N) is 19. The van der Waals surface area contributed by atoms with E-state index in [1.54, 1.807) is 109 Å². The fourth-order valence-electron chi connectivity index (χ4n) is 12.3. The smallest absolute Gasteiger partial charge is 0.415 e. The number of nitrogens with one attached hydrogen (secondary N) is 1. The van der Waals surface area contributed by atoms with E-state index >= 15 is 0 Å². The maximum Gasteiger partial charge on any atom is 0.415 e. The number of ether oxygens (including phenoxy) is 6. The second kappa shape index (κ2) is 34.6. The lowest BCUT2D eigenvalue weighted by Crippen LogP contribution is -2.40. The number of halogens is 3. The number of benzene rings is 6. The molecule has 0 bridgehead atoms. The topological polar surface area (TPSA) is 279 Å². The third-order valence-corrected chi connectivity index (χ3v) is 17.9. The minimum atomic E-state index is -4.68. The van der Waals surface area contributed by atoms with Gasteiger partial charge in [0.15, 0.2) is 6.10 Å². The number of amides is 1. The lowest BCUT2D eigenvalue weighted by molar-refractivity contribution is -0.201. The monoisotopic (exact) mass is 1470 g/mol. The number of anilines is 6. The van der Waals surface area contributed by atoms with Crippen LogP contribution in [0.3, 0.4) is 0 Å². The van der Waals surface area contributed by atoms with E-state index in [2.05, 4.69) is 67.6 Å². The summed E-state index contributed by atoms with van der Waals surface area (Å²) in [4.78, 5) is 52.9. The van der Waals surface area contributed by atoms with Crippen molar-refractivity contribution < 1.29 is 51.5 Å². The summed E-state index contributed by atoms with van der Waals surface area (Å²) in [5.41, 5.74) is 14.7. The molecule has 108 heavy (non-hydrogen) atoms. The fourth-order valence-corrected chi connectivity index (χ4v) is 12.3. The van der Waals surface area contributed by atoms with Crippen molar-refractivity contribution in [3.63, 3.8) is 0 Å². The Kier molecular flexibility index (Phi) is 24.1. The van der Waals surface area contributed by atoms with E-state index in [0.29, 0.717) is 83.0 Å². The van der Waals surface area contributed by atoms with Crippen molar-refractivity contribution in [2.24, 2.45) is 21.1 Å². The van der Waals surface area contributed by atoms with Gasteiger partial charge in [-0.15, -0.1) is 0 Å². The van der Waals surface area contributed by atoms with E-state index in [9.17, 15) is 23.1 Å². The van der Waals surface area contributed by atoms with Crippen molar-refractivity contribution in [2.75, 3.05) is 103 Å². The van der Waals surface area contributed by atoms with Gasteiger partial charge in [0.05, 0.1) is 137 Å². The molecule has 1 saturated heterocycles. The number of fused-ring (bicyclic) bond motifs is 3. The number of aliphatic hydroxyl groups excluding tert-OH is 1. The number of methoxy groups -OCH3 is 6. The number of aryl methyl sites for hydroxylation is 3. The first-order valence-electron chi connectivity index (χ1n) is 34.7. The van der Waals surface area contributed by atoms with Gasteiger partial charge in [0, 0.05) is 197 Å². The van der Waals surface area contributed by atoms with Crippen LogP contribution in [0.4, 0.5) is 47.3 Å². The molecule has 1 aliphatic heterocycles. The van der Waals surface area contributed by atoms with E-state index in [0.717, 1.165) is 111 Å². The average molecular weight is 1470 g/mol. The Hall–Kier alpha value is -12.5. The molecule has 0 aliphatic carbocycles. The molecule has 0 radical (unpaired) electrons. The summed E-state index contributed by atoms with van der Waals surface area (Å²) in [6, 6.07) is 34.7. The molecule has 0 spiro atoms. The van der Waals surface area contributed by atoms with Crippen LogP contribution in [0.1, 0.15) is 25.7 Å². The zero-order chi connectivity index (χ0) is 75.8. The van der Waals surface area contributed by atoms with Crippen LogP contribution in [-0.4, -0.2) is 191 Å². The molecule has 31 heteroatoms. The Balaban J connectivity index is 0.000000151. The first kappa shape index (κ1) is 75.2. The molecule has 7 aromatic heterocycles. The van der Waals surface area contributed by atoms with Crippen molar-refractivity contribution in [1.82, 2.24) is 84.2 Å². The minimum Gasteiger partial charge on any atom is -0.497 e. The molecule has 1 amide bonds. The zero-order valence-corrected chi connectivity index (χ0v) is 61.2. The number of hydrogen-bond donors (Lipinski definition) is 2. The normalized spacial score (nSPS) is 12.5. The molecule has 560 valence electrons. The van der Waals surface area contributed by atoms with Crippen molar-refractivity contribution in [2.45, 2.75) is 44.5 Å². The molecular weight excluding hydrogens is 1390 g/mol. The molecule has 8 heterocycles. The van der Waals surface area contributed by atoms with Gasteiger partial charge in [0.1, 0.15) is 47.2 Å². The predicted molar refractivity (Wildman–Crippen MR) is 405 cm³/mol. The van der Waals surface area contributed by atoms with Crippen LogP contribution in [0, 0.1) is 0 Å². The summed E-state index contributed by atoms with van der Waals surface area (Å²) in [5, 5.41) is 28.9. The van der Waals surface area contributed by atoms with Gasteiger partial charge in [-0.1, -0.05) is 0 Å². The third kappa shape index (κ3) is 18.8. The number of rotatable bonds is 27. The summed E-state index contributed by atoms with van der Waals surface area (Å²) in [5.74, 6) is 4.21. The summed E-state index contributed by atoms with van der Waals surface area (Å²) >= 11 is 0. The molecule has 14 rings (SSSR count). The molecule has 13 aromatic rings. The Labute approximate surface area is 620 Å². The summed E-state index contributed by atoms with van der Waals surface area (Å²) < 4.78 is 78.0. The molecule has 1 fully saturated rings.